The second kappa shape index (κ2) is 6.31. The Morgan fingerprint density at radius 2 is 1.91 bits per heavy atom. The highest BCUT2D eigenvalue weighted by atomic mass is 16.5. The molecule has 0 heterocycles. The Hall–Kier alpha value is -2.80. The maximum atomic E-state index is 11.7. The molecule has 3 rings (SSSR count). The van der Waals surface area contributed by atoms with Crippen LogP contribution in [0.4, 0.5) is 5.69 Å². The first-order valence-corrected chi connectivity index (χ1v) is 7.28. The van der Waals surface area contributed by atoms with E-state index < -0.39 is 0 Å². The molecular formula is C18H16N2O2. The lowest BCUT2D eigenvalue weighted by atomic mass is 10.1. The number of amides is 1. The molecule has 4 nitrogen and oxygen atoms in total. The Balaban J connectivity index is 1.59. The maximum absolute atomic E-state index is 11.7. The quantitative estimate of drug-likeness (QED) is 0.917. The van der Waals surface area contributed by atoms with Crippen LogP contribution in [0.5, 0.6) is 5.75 Å². The van der Waals surface area contributed by atoms with Gasteiger partial charge in [0, 0.05) is 17.2 Å². The van der Waals surface area contributed by atoms with E-state index in [-0.39, 0.29) is 11.8 Å². The first kappa shape index (κ1) is 14.2. The number of carbonyl (C=O) groups excluding carboxylic acids is 1. The first-order chi connectivity index (χ1) is 10.8. The number of anilines is 1. The molecule has 2 aromatic rings. The average Bonchev–Trinajstić information content (AvgIpc) is 3.39. The van der Waals surface area contributed by atoms with Crippen molar-refractivity contribution in [2.45, 2.75) is 19.4 Å². The van der Waals surface area contributed by atoms with Crippen molar-refractivity contribution < 1.29 is 9.53 Å². The fourth-order valence-corrected chi connectivity index (χ4v) is 2.14. The largest absolute Gasteiger partial charge is 0.489 e. The predicted octanol–water partition coefficient (Wildman–Crippen LogP) is 3.49. The van der Waals surface area contributed by atoms with E-state index in [1.165, 1.54) is 0 Å². The Kier molecular flexibility index (Phi) is 4.06. The summed E-state index contributed by atoms with van der Waals surface area (Å²) in [7, 11) is 0. The Morgan fingerprint density at radius 1 is 1.18 bits per heavy atom. The van der Waals surface area contributed by atoms with Gasteiger partial charge in [-0.05, 0) is 43.2 Å². The van der Waals surface area contributed by atoms with Crippen LogP contribution < -0.4 is 10.1 Å². The molecule has 4 heteroatoms. The van der Waals surface area contributed by atoms with E-state index in [0.29, 0.717) is 17.9 Å². The summed E-state index contributed by atoms with van der Waals surface area (Å²) >= 11 is 0. The van der Waals surface area contributed by atoms with Crippen LogP contribution in [-0.2, 0) is 11.4 Å². The van der Waals surface area contributed by atoms with Crippen LogP contribution in [-0.4, -0.2) is 5.91 Å². The van der Waals surface area contributed by atoms with Gasteiger partial charge in [0.25, 0.3) is 0 Å². The van der Waals surface area contributed by atoms with Crippen molar-refractivity contribution in [2.24, 2.45) is 5.92 Å². The van der Waals surface area contributed by atoms with Gasteiger partial charge in [-0.25, -0.2) is 0 Å². The molecule has 2 aromatic carbocycles. The number of nitrogens with one attached hydrogen (secondary N) is 1. The van der Waals surface area contributed by atoms with Gasteiger partial charge in [-0.3, -0.25) is 4.79 Å². The molecule has 1 amide bonds. The van der Waals surface area contributed by atoms with Crippen molar-refractivity contribution >= 4 is 11.6 Å². The zero-order valence-electron chi connectivity index (χ0n) is 12.1. The molecule has 1 fully saturated rings. The summed E-state index contributed by atoms with van der Waals surface area (Å²) in [5.41, 5.74) is 2.26. The van der Waals surface area contributed by atoms with E-state index in [4.69, 9.17) is 10.00 Å². The fraction of sp³-hybridized carbons (Fsp3) is 0.222. The predicted molar refractivity (Wildman–Crippen MR) is 83.3 cm³/mol. The summed E-state index contributed by atoms with van der Waals surface area (Å²) in [5, 5.41) is 11.9. The van der Waals surface area contributed by atoms with Gasteiger partial charge in [0.05, 0.1) is 11.6 Å². The number of nitriles is 1. The van der Waals surface area contributed by atoms with Gasteiger partial charge in [-0.1, -0.05) is 18.2 Å². The Morgan fingerprint density at radius 3 is 2.59 bits per heavy atom. The van der Waals surface area contributed by atoms with Crippen molar-refractivity contribution in [1.29, 1.82) is 5.26 Å². The standard InChI is InChI=1S/C18H16N2O2/c19-11-14-3-1-2-4-15(14)12-22-17-9-7-16(8-10-17)20-18(21)13-5-6-13/h1-4,7-10,13H,5-6,12H2,(H,20,21). The van der Waals surface area contributed by atoms with Crippen LogP contribution in [0.25, 0.3) is 0 Å². The number of hydrogen-bond acceptors (Lipinski definition) is 3. The zero-order valence-corrected chi connectivity index (χ0v) is 12.1. The van der Waals surface area contributed by atoms with E-state index in [9.17, 15) is 4.79 Å². The molecule has 1 aliphatic carbocycles. The molecule has 0 radical (unpaired) electrons. The molecule has 110 valence electrons. The molecule has 0 spiro atoms. The Bertz CT molecular complexity index is 713. The molecule has 0 unspecified atom stereocenters. The van der Waals surface area contributed by atoms with Gasteiger partial charge >= 0.3 is 0 Å². The summed E-state index contributed by atoms with van der Waals surface area (Å²) in [6.07, 6.45) is 1.98. The summed E-state index contributed by atoms with van der Waals surface area (Å²) in [5.74, 6) is 0.993. The second-order valence-corrected chi connectivity index (χ2v) is 5.35. The average molecular weight is 292 g/mol. The minimum absolute atomic E-state index is 0.0941. The van der Waals surface area contributed by atoms with Crippen molar-refractivity contribution in [3.63, 3.8) is 0 Å². The summed E-state index contributed by atoms with van der Waals surface area (Å²) < 4.78 is 5.69. The number of carbonyl (C=O) groups is 1. The Labute approximate surface area is 129 Å². The minimum Gasteiger partial charge on any atom is -0.489 e. The molecule has 0 atom stereocenters. The van der Waals surface area contributed by atoms with E-state index >= 15 is 0 Å². The van der Waals surface area contributed by atoms with Crippen molar-refractivity contribution in [2.75, 3.05) is 5.32 Å². The van der Waals surface area contributed by atoms with Crippen molar-refractivity contribution in [3.8, 4) is 11.8 Å². The van der Waals surface area contributed by atoms with Crippen LogP contribution >= 0.6 is 0 Å². The second-order valence-electron chi connectivity index (χ2n) is 5.35. The third-order valence-electron chi connectivity index (χ3n) is 3.60. The van der Waals surface area contributed by atoms with Gasteiger partial charge < -0.3 is 10.1 Å². The van der Waals surface area contributed by atoms with Gasteiger partial charge in [-0.15, -0.1) is 0 Å². The van der Waals surface area contributed by atoms with Crippen LogP contribution in [0.2, 0.25) is 0 Å². The first-order valence-electron chi connectivity index (χ1n) is 7.28. The number of nitrogens with zero attached hydrogens (tertiary/aromatic N) is 1. The normalized spacial score (nSPS) is 13.2. The highest BCUT2D eigenvalue weighted by Crippen LogP contribution is 2.30. The summed E-state index contributed by atoms with van der Waals surface area (Å²) in [6, 6.07) is 16.8. The highest BCUT2D eigenvalue weighted by Gasteiger charge is 2.29. The van der Waals surface area contributed by atoms with E-state index in [0.717, 1.165) is 24.1 Å². The maximum Gasteiger partial charge on any atom is 0.227 e. The smallest absolute Gasteiger partial charge is 0.227 e. The lowest BCUT2D eigenvalue weighted by molar-refractivity contribution is -0.117. The number of rotatable bonds is 5. The highest BCUT2D eigenvalue weighted by molar-refractivity contribution is 5.94. The van der Waals surface area contributed by atoms with Crippen molar-refractivity contribution in [3.05, 3.63) is 59.7 Å². The molecule has 0 aromatic heterocycles. The number of benzene rings is 2. The number of ether oxygens (including phenoxy) is 1. The summed E-state index contributed by atoms with van der Waals surface area (Å²) in [4.78, 5) is 11.7. The van der Waals surface area contributed by atoms with Crippen LogP contribution in [0.1, 0.15) is 24.0 Å². The summed E-state index contributed by atoms with van der Waals surface area (Å²) in [6.45, 7) is 0.345. The van der Waals surface area contributed by atoms with E-state index in [1.807, 2.05) is 42.5 Å². The SMILES string of the molecule is N#Cc1ccccc1COc1ccc(NC(=O)C2CC2)cc1. The molecule has 1 saturated carbocycles. The lowest BCUT2D eigenvalue weighted by Gasteiger charge is -2.09. The third-order valence-corrected chi connectivity index (χ3v) is 3.60. The lowest BCUT2D eigenvalue weighted by Crippen LogP contribution is -2.13. The minimum atomic E-state index is 0.0941. The molecule has 0 saturated heterocycles. The molecular weight excluding hydrogens is 276 g/mol. The van der Waals surface area contributed by atoms with Gasteiger partial charge in [0.1, 0.15) is 12.4 Å². The molecule has 0 aliphatic heterocycles. The van der Waals surface area contributed by atoms with E-state index in [1.54, 1.807) is 6.07 Å². The van der Waals surface area contributed by atoms with E-state index in [2.05, 4.69) is 11.4 Å². The monoisotopic (exact) mass is 292 g/mol. The van der Waals surface area contributed by atoms with Crippen LogP contribution in [0.3, 0.4) is 0 Å². The van der Waals surface area contributed by atoms with Crippen molar-refractivity contribution in [1.82, 2.24) is 0 Å². The topological polar surface area (TPSA) is 62.1 Å². The fourth-order valence-electron chi connectivity index (χ4n) is 2.14. The molecule has 22 heavy (non-hydrogen) atoms. The number of hydrogen-bond donors (Lipinski definition) is 1. The molecule has 1 aliphatic rings. The van der Waals surface area contributed by atoms with Crippen LogP contribution in [0, 0.1) is 17.2 Å². The molecule has 0 bridgehead atoms. The van der Waals surface area contributed by atoms with Gasteiger partial charge in [0.2, 0.25) is 5.91 Å². The van der Waals surface area contributed by atoms with Gasteiger partial charge in [-0.2, -0.15) is 5.26 Å². The molecule has 1 N–H and O–H groups in total. The third kappa shape index (κ3) is 3.44. The zero-order chi connectivity index (χ0) is 15.4. The van der Waals surface area contributed by atoms with Gasteiger partial charge in [0.15, 0.2) is 0 Å². The van der Waals surface area contributed by atoms with Crippen LogP contribution in [0.15, 0.2) is 48.5 Å².